The van der Waals surface area contributed by atoms with Crippen molar-refractivity contribution in [1.82, 2.24) is 24.4 Å². The van der Waals surface area contributed by atoms with Crippen molar-refractivity contribution in [1.29, 1.82) is 0 Å². The van der Waals surface area contributed by atoms with Crippen LogP contribution in [-0.2, 0) is 7.05 Å². The average Bonchev–Trinajstić information content (AvgIpc) is 3.20. The van der Waals surface area contributed by atoms with Crippen molar-refractivity contribution in [3.63, 3.8) is 0 Å². The van der Waals surface area contributed by atoms with Crippen LogP contribution >= 0.6 is 23.1 Å². The topological polar surface area (TPSA) is 79.4 Å². The molecule has 6 nitrogen and oxygen atoms in total. The number of aromatic amines is 2. The summed E-state index contributed by atoms with van der Waals surface area (Å²) in [6.07, 6.45) is 3.80. The number of hydrogen-bond donors (Lipinski definition) is 2. The molecule has 3 aromatic heterocycles. The zero-order chi connectivity index (χ0) is 16.8. The maximum absolute atomic E-state index is 12.3. The largest absolute Gasteiger partial charge is 0.350 e. The van der Waals surface area contributed by atoms with Crippen molar-refractivity contribution in [3.05, 3.63) is 65.8 Å². The summed E-state index contributed by atoms with van der Waals surface area (Å²) in [5.74, 6) is 0. The van der Waals surface area contributed by atoms with E-state index in [-0.39, 0.29) is 5.56 Å². The first-order chi connectivity index (χ1) is 11.5. The van der Waals surface area contributed by atoms with Gasteiger partial charge in [-0.05, 0) is 35.8 Å². The molecule has 8 heteroatoms. The van der Waals surface area contributed by atoms with Crippen LogP contribution in [0.25, 0.3) is 23.6 Å². The number of fused-ring (bicyclic) bond motifs is 1. The smallest absolute Gasteiger partial charge is 0.271 e. The van der Waals surface area contributed by atoms with Crippen molar-refractivity contribution in [2.45, 2.75) is 0 Å². The molecular formula is C16H12ClN5OS. The molecule has 0 aliphatic carbocycles. The molecule has 0 bridgehead atoms. The molecule has 0 saturated heterocycles. The molecule has 3 heterocycles. The number of hydrogen-bond acceptors (Lipinski definition) is 4. The lowest BCUT2D eigenvalue weighted by molar-refractivity contribution is 0.968. The van der Waals surface area contributed by atoms with Gasteiger partial charge in [-0.3, -0.25) is 15.0 Å². The second-order valence-corrected chi connectivity index (χ2v) is 6.61. The Hall–Kier alpha value is -2.64. The van der Waals surface area contributed by atoms with Crippen LogP contribution in [0.4, 0.5) is 0 Å². The van der Waals surface area contributed by atoms with E-state index in [4.69, 9.17) is 11.6 Å². The highest BCUT2D eigenvalue weighted by atomic mass is 35.5. The Morgan fingerprint density at radius 1 is 1.38 bits per heavy atom. The SMILES string of the molecule is C=c1nns/c1=c1\[nH][nH]c(=O)\c1=C/c1cn(C)c2ccc(Cl)cc12. The Labute approximate surface area is 144 Å². The lowest BCUT2D eigenvalue weighted by Gasteiger charge is -1.95. The van der Waals surface area contributed by atoms with E-state index >= 15 is 0 Å². The fourth-order valence-electron chi connectivity index (χ4n) is 2.75. The van der Waals surface area contributed by atoms with Gasteiger partial charge in [0.15, 0.2) is 0 Å². The fourth-order valence-corrected chi connectivity index (χ4v) is 3.54. The van der Waals surface area contributed by atoms with Gasteiger partial charge in [-0.2, -0.15) is 0 Å². The van der Waals surface area contributed by atoms with Gasteiger partial charge in [-0.15, -0.1) is 5.10 Å². The number of H-pyrrole nitrogens is 2. The summed E-state index contributed by atoms with van der Waals surface area (Å²) >= 11 is 7.32. The van der Waals surface area contributed by atoms with E-state index in [1.54, 1.807) is 0 Å². The molecule has 2 N–H and O–H groups in total. The third-order valence-corrected chi connectivity index (χ3v) is 4.90. The van der Waals surface area contributed by atoms with Crippen molar-refractivity contribution in [3.8, 4) is 0 Å². The van der Waals surface area contributed by atoms with E-state index in [9.17, 15) is 4.79 Å². The van der Waals surface area contributed by atoms with Crippen molar-refractivity contribution in [2.24, 2.45) is 7.05 Å². The van der Waals surface area contributed by atoms with Crippen LogP contribution in [0.5, 0.6) is 0 Å². The molecule has 0 radical (unpaired) electrons. The minimum absolute atomic E-state index is 0.211. The first kappa shape index (κ1) is 14.9. The summed E-state index contributed by atoms with van der Waals surface area (Å²) in [5, 5.41) is 12.7. The van der Waals surface area contributed by atoms with Gasteiger partial charge in [0, 0.05) is 34.7 Å². The summed E-state index contributed by atoms with van der Waals surface area (Å²) in [6.45, 7) is 3.85. The number of nitrogens with zero attached hydrogens (tertiary/aromatic N) is 3. The van der Waals surface area contributed by atoms with Crippen LogP contribution in [0.1, 0.15) is 5.56 Å². The monoisotopic (exact) mass is 357 g/mol. The number of rotatable bonds is 1. The molecule has 0 amide bonds. The van der Waals surface area contributed by atoms with E-state index in [0.29, 0.717) is 20.9 Å². The Morgan fingerprint density at radius 2 is 2.21 bits per heavy atom. The van der Waals surface area contributed by atoms with Crippen molar-refractivity contribution < 1.29 is 0 Å². The Bertz CT molecular complexity index is 1330. The third kappa shape index (κ3) is 2.29. The quantitative estimate of drug-likeness (QED) is 0.537. The van der Waals surface area contributed by atoms with Gasteiger partial charge in [-0.25, -0.2) is 0 Å². The highest BCUT2D eigenvalue weighted by Crippen LogP contribution is 2.24. The number of aryl methyl sites for hydroxylation is 1. The Balaban J connectivity index is 2.16. The summed E-state index contributed by atoms with van der Waals surface area (Å²) in [5.41, 5.74) is 1.73. The molecule has 24 heavy (non-hydrogen) atoms. The molecule has 120 valence electrons. The Morgan fingerprint density at radius 3 is 2.96 bits per heavy atom. The summed E-state index contributed by atoms with van der Waals surface area (Å²) in [7, 11) is 1.96. The van der Waals surface area contributed by atoms with Gasteiger partial charge >= 0.3 is 0 Å². The van der Waals surface area contributed by atoms with Gasteiger partial charge in [0.2, 0.25) is 0 Å². The van der Waals surface area contributed by atoms with Gasteiger partial charge in [0.25, 0.3) is 5.56 Å². The van der Waals surface area contributed by atoms with Crippen LogP contribution in [0, 0.1) is 9.88 Å². The molecule has 0 spiro atoms. The molecule has 0 atom stereocenters. The van der Waals surface area contributed by atoms with E-state index < -0.39 is 0 Å². The molecule has 0 saturated carbocycles. The van der Waals surface area contributed by atoms with Gasteiger partial charge in [0.1, 0.15) is 9.88 Å². The van der Waals surface area contributed by atoms with Gasteiger partial charge in [0.05, 0.1) is 10.6 Å². The minimum Gasteiger partial charge on any atom is -0.350 e. The fraction of sp³-hybridized carbons (Fsp3) is 0.0625. The van der Waals surface area contributed by atoms with Crippen LogP contribution in [-0.4, -0.2) is 24.4 Å². The highest BCUT2D eigenvalue weighted by Gasteiger charge is 2.07. The Kier molecular flexibility index (Phi) is 3.40. The van der Waals surface area contributed by atoms with Crippen LogP contribution in [0.2, 0.25) is 5.02 Å². The first-order valence-electron chi connectivity index (χ1n) is 7.09. The first-order valence-corrected chi connectivity index (χ1v) is 8.24. The van der Waals surface area contributed by atoms with E-state index in [1.807, 2.05) is 42.1 Å². The summed E-state index contributed by atoms with van der Waals surface area (Å²) in [6, 6.07) is 5.70. The molecule has 0 aliphatic rings. The van der Waals surface area contributed by atoms with Crippen molar-refractivity contribution >= 4 is 46.7 Å². The molecule has 0 unspecified atom stereocenters. The second kappa shape index (κ2) is 5.47. The maximum Gasteiger partial charge on any atom is 0.271 e. The zero-order valence-corrected chi connectivity index (χ0v) is 14.2. The predicted molar refractivity (Wildman–Crippen MR) is 95.3 cm³/mol. The lowest BCUT2D eigenvalue weighted by atomic mass is 10.1. The number of nitrogens with one attached hydrogen (secondary N) is 2. The highest BCUT2D eigenvalue weighted by molar-refractivity contribution is 7.03. The van der Waals surface area contributed by atoms with Crippen LogP contribution in [0.3, 0.4) is 0 Å². The number of halogens is 1. The molecule has 4 rings (SSSR count). The number of aromatic nitrogens is 5. The number of benzene rings is 1. The lowest BCUT2D eigenvalue weighted by Crippen LogP contribution is -2.22. The average molecular weight is 358 g/mol. The van der Waals surface area contributed by atoms with E-state index in [2.05, 4.69) is 26.4 Å². The summed E-state index contributed by atoms with van der Waals surface area (Å²) in [4.78, 5) is 12.3. The molecule has 0 aliphatic heterocycles. The van der Waals surface area contributed by atoms with Crippen molar-refractivity contribution in [2.75, 3.05) is 0 Å². The summed E-state index contributed by atoms with van der Waals surface area (Å²) < 4.78 is 6.61. The normalized spacial score (nSPS) is 13.8. The standard InChI is InChI=1S/C16H12ClN5OS/c1-8-15(24-21-18-8)14-12(16(23)20-19-14)5-9-7-22(2)13-4-3-10(17)6-11(9)13/h3-7,19H,1H2,2H3,(H,20,23)/b12-5-,15-14-. The zero-order valence-electron chi connectivity index (χ0n) is 12.6. The van der Waals surface area contributed by atoms with E-state index in [1.165, 1.54) is 11.5 Å². The molecule has 4 aromatic rings. The van der Waals surface area contributed by atoms with Crippen LogP contribution in [0.15, 0.2) is 29.2 Å². The van der Waals surface area contributed by atoms with Gasteiger partial charge in [-0.1, -0.05) is 22.7 Å². The molecular weight excluding hydrogens is 346 g/mol. The maximum atomic E-state index is 12.3. The minimum atomic E-state index is -0.211. The second-order valence-electron chi connectivity index (χ2n) is 5.42. The van der Waals surface area contributed by atoms with Crippen LogP contribution < -0.4 is 16.1 Å². The molecule has 0 fully saturated rings. The van der Waals surface area contributed by atoms with Gasteiger partial charge < -0.3 is 4.57 Å². The van der Waals surface area contributed by atoms with E-state index in [0.717, 1.165) is 21.0 Å². The molecule has 1 aromatic carbocycles. The predicted octanol–water partition coefficient (Wildman–Crippen LogP) is 1.23. The third-order valence-electron chi connectivity index (χ3n) is 3.88.